The Kier molecular flexibility index (Phi) is 3.23. The smallest absolute Gasteiger partial charge is 0.272 e. The molecule has 0 saturated carbocycles. The monoisotopic (exact) mass is 229 g/mol. The van der Waals surface area contributed by atoms with Gasteiger partial charge in [-0.05, 0) is 25.0 Å². The Bertz CT molecular complexity index is 531. The van der Waals surface area contributed by atoms with Crippen LogP contribution in [0.1, 0.15) is 27.3 Å². The van der Waals surface area contributed by atoms with Crippen LogP contribution in [-0.4, -0.2) is 15.9 Å². The lowest BCUT2D eigenvalue weighted by Gasteiger charge is -2.06. The first-order valence-electron chi connectivity index (χ1n) is 5.51. The van der Waals surface area contributed by atoms with Crippen molar-refractivity contribution in [1.29, 1.82) is 0 Å². The van der Waals surface area contributed by atoms with Crippen LogP contribution in [0.4, 0.5) is 0 Å². The summed E-state index contributed by atoms with van der Waals surface area (Å²) in [5, 5.41) is 2.86. The van der Waals surface area contributed by atoms with Gasteiger partial charge in [-0.3, -0.25) is 4.79 Å². The van der Waals surface area contributed by atoms with E-state index in [4.69, 9.17) is 0 Å². The normalized spacial score (nSPS) is 10.2. The molecule has 0 bridgehead atoms. The topological polar surface area (TPSA) is 57.8 Å². The quantitative estimate of drug-likeness (QED) is 0.845. The van der Waals surface area contributed by atoms with Gasteiger partial charge in [0.25, 0.3) is 5.91 Å². The van der Waals surface area contributed by atoms with Crippen molar-refractivity contribution < 1.29 is 4.79 Å². The maximum atomic E-state index is 11.8. The Morgan fingerprint density at radius 1 is 1.35 bits per heavy atom. The van der Waals surface area contributed by atoms with Gasteiger partial charge in [0.15, 0.2) is 0 Å². The first-order chi connectivity index (χ1) is 8.18. The molecule has 17 heavy (non-hydrogen) atoms. The first kappa shape index (κ1) is 11.4. The third-order valence-corrected chi connectivity index (χ3v) is 2.75. The van der Waals surface area contributed by atoms with Gasteiger partial charge in [0.05, 0.1) is 6.33 Å². The van der Waals surface area contributed by atoms with Crippen LogP contribution in [0, 0.1) is 13.8 Å². The highest BCUT2D eigenvalue weighted by atomic mass is 16.1. The number of hydrogen-bond acceptors (Lipinski definition) is 2. The van der Waals surface area contributed by atoms with Crippen LogP contribution in [0.25, 0.3) is 0 Å². The predicted octanol–water partition coefficient (Wildman–Crippen LogP) is 1.96. The van der Waals surface area contributed by atoms with Crippen molar-refractivity contribution in [2.24, 2.45) is 0 Å². The number of H-pyrrole nitrogens is 1. The number of aromatic amines is 1. The van der Waals surface area contributed by atoms with Crippen LogP contribution in [0.15, 0.2) is 30.6 Å². The van der Waals surface area contributed by atoms with Crippen LogP contribution < -0.4 is 5.32 Å². The van der Waals surface area contributed by atoms with Crippen molar-refractivity contribution in [1.82, 2.24) is 15.3 Å². The minimum absolute atomic E-state index is 0.146. The summed E-state index contributed by atoms with van der Waals surface area (Å²) < 4.78 is 0. The standard InChI is InChI=1S/C13H15N3O/c1-9-5-3-4-6-11(9)7-14-13(17)12-10(2)15-8-16-12/h3-6,8H,7H2,1-2H3,(H,14,17)(H,15,16). The number of imidazole rings is 1. The molecule has 4 heteroatoms. The number of rotatable bonds is 3. The zero-order valence-electron chi connectivity index (χ0n) is 9.95. The van der Waals surface area contributed by atoms with Gasteiger partial charge in [-0.15, -0.1) is 0 Å². The fourth-order valence-corrected chi connectivity index (χ4v) is 1.66. The molecule has 1 heterocycles. The molecular weight excluding hydrogens is 214 g/mol. The third kappa shape index (κ3) is 2.53. The Labute approximate surface area is 100 Å². The van der Waals surface area contributed by atoms with E-state index in [0.717, 1.165) is 11.3 Å². The molecule has 0 spiro atoms. The van der Waals surface area contributed by atoms with E-state index in [0.29, 0.717) is 12.2 Å². The van der Waals surface area contributed by atoms with Crippen LogP contribution in [-0.2, 0) is 6.54 Å². The number of amides is 1. The summed E-state index contributed by atoms with van der Waals surface area (Å²) in [7, 11) is 0. The number of benzene rings is 1. The van der Waals surface area contributed by atoms with Gasteiger partial charge in [-0.2, -0.15) is 0 Å². The number of aryl methyl sites for hydroxylation is 2. The zero-order valence-corrected chi connectivity index (χ0v) is 9.95. The molecule has 1 aromatic carbocycles. The SMILES string of the molecule is Cc1ccccc1CNC(=O)c1nc[nH]c1C. The molecular formula is C13H15N3O. The highest BCUT2D eigenvalue weighted by molar-refractivity contribution is 5.93. The second kappa shape index (κ2) is 4.82. The van der Waals surface area contributed by atoms with Gasteiger partial charge in [-0.1, -0.05) is 24.3 Å². The molecule has 1 amide bonds. The number of carbonyl (C=O) groups is 1. The van der Waals surface area contributed by atoms with Gasteiger partial charge in [-0.25, -0.2) is 4.98 Å². The van der Waals surface area contributed by atoms with E-state index in [2.05, 4.69) is 15.3 Å². The lowest BCUT2D eigenvalue weighted by atomic mass is 10.1. The minimum Gasteiger partial charge on any atom is -0.348 e. The average Bonchev–Trinajstić information content (AvgIpc) is 2.74. The Hall–Kier alpha value is -2.10. The largest absolute Gasteiger partial charge is 0.348 e. The van der Waals surface area contributed by atoms with Gasteiger partial charge in [0.1, 0.15) is 5.69 Å². The number of nitrogens with one attached hydrogen (secondary N) is 2. The van der Waals surface area contributed by atoms with Crippen molar-refractivity contribution in [2.45, 2.75) is 20.4 Å². The van der Waals surface area contributed by atoms with E-state index in [9.17, 15) is 4.79 Å². The number of carbonyl (C=O) groups excluding carboxylic acids is 1. The summed E-state index contributed by atoms with van der Waals surface area (Å²) in [5.41, 5.74) is 3.53. The lowest BCUT2D eigenvalue weighted by molar-refractivity contribution is 0.0946. The molecule has 2 N–H and O–H groups in total. The van der Waals surface area contributed by atoms with Crippen molar-refractivity contribution >= 4 is 5.91 Å². The Balaban J connectivity index is 2.02. The summed E-state index contributed by atoms with van der Waals surface area (Å²) in [6, 6.07) is 7.99. The second-order valence-electron chi connectivity index (χ2n) is 3.99. The van der Waals surface area contributed by atoms with Gasteiger partial charge in [0, 0.05) is 12.2 Å². The van der Waals surface area contributed by atoms with Crippen molar-refractivity contribution in [3.8, 4) is 0 Å². The molecule has 0 aliphatic rings. The van der Waals surface area contributed by atoms with Crippen molar-refractivity contribution in [2.75, 3.05) is 0 Å². The predicted molar refractivity (Wildman–Crippen MR) is 65.7 cm³/mol. The second-order valence-corrected chi connectivity index (χ2v) is 3.99. The molecule has 0 aliphatic heterocycles. The number of nitrogens with zero attached hydrogens (tertiary/aromatic N) is 1. The van der Waals surface area contributed by atoms with Crippen LogP contribution in [0.3, 0.4) is 0 Å². The van der Waals surface area contributed by atoms with Gasteiger partial charge < -0.3 is 10.3 Å². The first-order valence-corrected chi connectivity index (χ1v) is 5.51. The van der Waals surface area contributed by atoms with Crippen LogP contribution >= 0.6 is 0 Å². The summed E-state index contributed by atoms with van der Waals surface area (Å²) in [6.45, 7) is 4.38. The zero-order chi connectivity index (χ0) is 12.3. The molecule has 4 nitrogen and oxygen atoms in total. The van der Waals surface area contributed by atoms with Crippen LogP contribution in [0.2, 0.25) is 0 Å². The molecule has 0 aliphatic carbocycles. The maximum Gasteiger partial charge on any atom is 0.272 e. The molecule has 0 unspecified atom stereocenters. The van der Waals surface area contributed by atoms with E-state index in [1.165, 1.54) is 11.9 Å². The molecule has 88 valence electrons. The van der Waals surface area contributed by atoms with Gasteiger partial charge >= 0.3 is 0 Å². The summed E-state index contributed by atoms with van der Waals surface area (Å²) in [4.78, 5) is 18.7. The van der Waals surface area contributed by atoms with Gasteiger partial charge in [0.2, 0.25) is 0 Å². The lowest BCUT2D eigenvalue weighted by Crippen LogP contribution is -2.24. The fraction of sp³-hybridized carbons (Fsp3) is 0.231. The van der Waals surface area contributed by atoms with Crippen molar-refractivity contribution in [3.05, 3.63) is 53.1 Å². The van der Waals surface area contributed by atoms with Crippen LogP contribution in [0.5, 0.6) is 0 Å². The third-order valence-electron chi connectivity index (χ3n) is 2.75. The molecule has 0 atom stereocenters. The van der Waals surface area contributed by atoms with E-state index >= 15 is 0 Å². The Morgan fingerprint density at radius 2 is 2.12 bits per heavy atom. The van der Waals surface area contributed by atoms with E-state index in [1.54, 1.807) is 0 Å². The Morgan fingerprint density at radius 3 is 2.76 bits per heavy atom. The van der Waals surface area contributed by atoms with E-state index in [-0.39, 0.29) is 5.91 Å². The molecule has 0 fully saturated rings. The minimum atomic E-state index is -0.146. The molecule has 2 aromatic rings. The number of hydrogen-bond donors (Lipinski definition) is 2. The average molecular weight is 229 g/mol. The summed E-state index contributed by atoms with van der Waals surface area (Å²) in [6.07, 6.45) is 1.53. The van der Waals surface area contributed by atoms with Crippen molar-refractivity contribution in [3.63, 3.8) is 0 Å². The van der Waals surface area contributed by atoms with E-state index < -0.39 is 0 Å². The fourth-order valence-electron chi connectivity index (χ4n) is 1.66. The summed E-state index contributed by atoms with van der Waals surface area (Å²) in [5.74, 6) is -0.146. The number of aromatic nitrogens is 2. The highest BCUT2D eigenvalue weighted by Crippen LogP contribution is 2.07. The molecule has 0 saturated heterocycles. The molecule has 1 aromatic heterocycles. The summed E-state index contributed by atoms with van der Waals surface area (Å²) >= 11 is 0. The highest BCUT2D eigenvalue weighted by Gasteiger charge is 2.11. The molecule has 2 rings (SSSR count). The maximum absolute atomic E-state index is 11.8. The van der Waals surface area contributed by atoms with E-state index in [1.807, 2.05) is 38.1 Å². The molecule has 0 radical (unpaired) electrons.